The Morgan fingerprint density at radius 2 is 2.00 bits per heavy atom. The minimum atomic E-state index is -2.87. The average molecular weight is 249 g/mol. The van der Waals surface area contributed by atoms with Gasteiger partial charge in [-0.3, -0.25) is 0 Å². The maximum atomic E-state index is 11.4. The van der Waals surface area contributed by atoms with Gasteiger partial charge in [-0.15, -0.1) is 0 Å². The van der Waals surface area contributed by atoms with Crippen LogP contribution in [0.1, 0.15) is 26.2 Å². The molecule has 0 amide bonds. The highest BCUT2D eigenvalue weighted by Gasteiger charge is 2.29. The van der Waals surface area contributed by atoms with Crippen molar-refractivity contribution in [3.63, 3.8) is 0 Å². The summed E-state index contributed by atoms with van der Waals surface area (Å²) >= 11 is 0. The zero-order valence-corrected chi connectivity index (χ0v) is 11.1. The van der Waals surface area contributed by atoms with Crippen LogP contribution in [0.4, 0.5) is 0 Å². The number of sulfone groups is 1. The van der Waals surface area contributed by atoms with Gasteiger partial charge in [0.15, 0.2) is 9.84 Å². The summed E-state index contributed by atoms with van der Waals surface area (Å²) in [6.07, 6.45) is 3.11. The van der Waals surface area contributed by atoms with E-state index in [0.29, 0.717) is 18.9 Å². The van der Waals surface area contributed by atoms with E-state index in [1.807, 2.05) is 14.0 Å². The molecule has 1 N–H and O–H groups in total. The lowest BCUT2D eigenvalue weighted by Crippen LogP contribution is -2.37. The molecule has 0 radical (unpaired) electrons. The van der Waals surface area contributed by atoms with E-state index in [9.17, 15) is 8.42 Å². The Hall–Kier alpha value is -0.130. The minimum absolute atomic E-state index is 0.175. The third kappa shape index (κ3) is 4.80. The first-order valence-electron chi connectivity index (χ1n) is 6.04. The summed E-state index contributed by atoms with van der Waals surface area (Å²) in [7, 11) is -0.923. The molecule has 0 atom stereocenters. The van der Waals surface area contributed by atoms with E-state index < -0.39 is 9.84 Å². The Morgan fingerprint density at radius 3 is 2.56 bits per heavy atom. The van der Waals surface area contributed by atoms with Crippen LogP contribution in [0.5, 0.6) is 0 Å². The highest BCUT2D eigenvalue weighted by atomic mass is 32.2. The number of rotatable bonds is 8. The molecule has 1 saturated carbocycles. The summed E-state index contributed by atoms with van der Waals surface area (Å²) in [4.78, 5) is 0. The normalized spacial score (nSPS) is 25.4. The highest BCUT2D eigenvalue weighted by Crippen LogP contribution is 2.29. The van der Waals surface area contributed by atoms with Crippen LogP contribution in [0.2, 0.25) is 0 Å². The SMILES string of the molecule is CCCS(=O)(=O)CCOC1CC(CNC)C1. The zero-order chi connectivity index (χ0) is 12.0. The van der Waals surface area contributed by atoms with Gasteiger partial charge in [-0.05, 0) is 38.8 Å². The van der Waals surface area contributed by atoms with Crippen molar-refractivity contribution < 1.29 is 13.2 Å². The first-order valence-corrected chi connectivity index (χ1v) is 7.86. The Kier molecular flexibility index (Phi) is 5.72. The van der Waals surface area contributed by atoms with Crippen LogP contribution in [0.3, 0.4) is 0 Å². The van der Waals surface area contributed by atoms with Gasteiger partial charge in [-0.2, -0.15) is 0 Å². The second-order valence-corrected chi connectivity index (χ2v) is 6.84. The summed E-state index contributed by atoms with van der Waals surface area (Å²) in [6.45, 7) is 3.28. The van der Waals surface area contributed by atoms with Crippen molar-refractivity contribution in [2.75, 3.05) is 31.7 Å². The van der Waals surface area contributed by atoms with Gasteiger partial charge in [0.25, 0.3) is 0 Å². The van der Waals surface area contributed by atoms with Crippen molar-refractivity contribution in [2.24, 2.45) is 5.92 Å². The van der Waals surface area contributed by atoms with E-state index in [2.05, 4.69) is 5.32 Å². The molecule has 0 unspecified atom stereocenters. The number of hydrogen-bond acceptors (Lipinski definition) is 4. The van der Waals surface area contributed by atoms with E-state index in [1.165, 1.54) is 0 Å². The van der Waals surface area contributed by atoms with Crippen molar-refractivity contribution >= 4 is 9.84 Å². The average Bonchev–Trinajstić information content (AvgIpc) is 2.13. The first kappa shape index (κ1) is 13.9. The molecule has 16 heavy (non-hydrogen) atoms. The molecule has 96 valence electrons. The Labute approximate surface area is 98.7 Å². The van der Waals surface area contributed by atoms with E-state index in [1.54, 1.807) is 0 Å². The second-order valence-electron chi connectivity index (χ2n) is 4.54. The molecule has 0 aromatic heterocycles. The Morgan fingerprint density at radius 1 is 1.31 bits per heavy atom. The van der Waals surface area contributed by atoms with Gasteiger partial charge in [0.2, 0.25) is 0 Å². The topological polar surface area (TPSA) is 55.4 Å². The van der Waals surface area contributed by atoms with Crippen molar-refractivity contribution in [3.8, 4) is 0 Å². The molecular formula is C11H23NO3S. The lowest BCUT2D eigenvalue weighted by Gasteiger charge is -2.35. The summed E-state index contributed by atoms with van der Waals surface area (Å²) in [6, 6.07) is 0. The molecule has 0 spiro atoms. The third-order valence-electron chi connectivity index (χ3n) is 2.95. The smallest absolute Gasteiger partial charge is 0.152 e. The predicted molar refractivity (Wildman–Crippen MR) is 65.3 cm³/mol. The number of ether oxygens (including phenoxy) is 1. The van der Waals surface area contributed by atoms with Gasteiger partial charge >= 0.3 is 0 Å². The number of hydrogen-bond donors (Lipinski definition) is 1. The quantitative estimate of drug-likeness (QED) is 0.692. The van der Waals surface area contributed by atoms with Crippen molar-refractivity contribution in [2.45, 2.75) is 32.3 Å². The number of nitrogens with one attached hydrogen (secondary N) is 1. The van der Waals surface area contributed by atoms with E-state index in [4.69, 9.17) is 4.74 Å². The first-order chi connectivity index (χ1) is 7.57. The predicted octanol–water partition coefficient (Wildman–Crippen LogP) is 0.826. The molecular weight excluding hydrogens is 226 g/mol. The Balaban J connectivity index is 2.05. The fourth-order valence-corrected chi connectivity index (χ4v) is 3.20. The van der Waals surface area contributed by atoms with Crippen LogP contribution < -0.4 is 5.32 Å². The molecule has 0 heterocycles. The van der Waals surface area contributed by atoms with E-state index >= 15 is 0 Å². The van der Waals surface area contributed by atoms with Gasteiger partial charge in [-0.1, -0.05) is 6.92 Å². The second kappa shape index (κ2) is 6.57. The molecule has 1 aliphatic rings. The van der Waals surface area contributed by atoms with Gasteiger partial charge in [0, 0.05) is 5.75 Å². The maximum Gasteiger partial charge on any atom is 0.152 e. The molecule has 4 nitrogen and oxygen atoms in total. The van der Waals surface area contributed by atoms with E-state index in [-0.39, 0.29) is 17.6 Å². The van der Waals surface area contributed by atoms with Crippen LogP contribution in [-0.4, -0.2) is 46.2 Å². The highest BCUT2D eigenvalue weighted by molar-refractivity contribution is 7.91. The molecule has 0 saturated heterocycles. The van der Waals surface area contributed by atoms with Crippen molar-refractivity contribution in [1.29, 1.82) is 0 Å². The van der Waals surface area contributed by atoms with Crippen LogP contribution in [0.25, 0.3) is 0 Å². The van der Waals surface area contributed by atoms with Gasteiger partial charge < -0.3 is 10.1 Å². The molecule has 0 aromatic carbocycles. The van der Waals surface area contributed by atoms with Gasteiger partial charge in [-0.25, -0.2) is 8.42 Å². The summed E-state index contributed by atoms with van der Waals surface area (Å²) in [5.74, 6) is 1.17. The molecule has 1 aliphatic carbocycles. The summed E-state index contributed by atoms with van der Waals surface area (Å²) in [5, 5.41) is 3.14. The lowest BCUT2D eigenvalue weighted by molar-refractivity contribution is -0.0224. The third-order valence-corrected chi connectivity index (χ3v) is 4.77. The maximum absolute atomic E-state index is 11.4. The zero-order valence-electron chi connectivity index (χ0n) is 10.2. The lowest BCUT2D eigenvalue weighted by atomic mass is 9.82. The molecule has 0 bridgehead atoms. The fourth-order valence-electron chi connectivity index (χ4n) is 2.02. The molecule has 1 rings (SSSR count). The largest absolute Gasteiger partial charge is 0.377 e. The molecule has 0 aromatic rings. The molecule has 1 fully saturated rings. The summed E-state index contributed by atoms with van der Waals surface area (Å²) < 4.78 is 28.3. The monoisotopic (exact) mass is 249 g/mol. The van der Waals surface area contributed by atoms with Crippen LogP contribution >= 0.6 is 0 Å². The van der Waals surface area contributed by atoms with Crippen LogP contribution in [0.15, 0.2) is 0 Å². The van der Waals surface area contributed by atoms with Gasteiger partial charge in [0.05, 0.1) is 18.5 Å². The van der Waals surface area contributed by atoms with E-state index in [0.717, 1.165) is 19.4 Å². The van der Waals surface area contributed by atoms with Gasteiger partial charge in [0.1, 0.15) is 0 Å². The standard InChI is InChI=1S/C11H23NO3S/c1-3-5-16(13,14)6-4-15-11-7-10(8-11)9-12-2/h10-12H,3-9H2,1-2H3. The van der Waals surface area contributed by atoms with Crippen molar-refractivity contribution in [1.82, 2.24) is 5.32 Å². The molecule has 5 heteroatoms. The molecule has 0 aliphatic heterocycles. The van der Waals surface area contributed by atoms with Crippen molar-refractivity contribution in [3.05, 3.63) is 0 Å². The Bertz CT molecular complexity index is 284. The van der Waals surface area contributed by atoms with Crippen LogP contribution in [0, 0.1) is 5.92 Å². The van der Waals surface area contributed by atoms with Crippen LogP contribution in [-0.2, 0) is 14.6 Å². The summed E-state index contributed by atoms with van der Waals surface area (Å²) in [5.41, 5.74) is 0. The fraction of sp³-hybridized carbons (Fsp3) is 1.00. The minimum Gasteiger partial charge on any atom is -0.377 e.